The van der Waals surface area contributed by atoms with Crippen LogP contribution in [-0.4, -0.2) is 9.78 Å². The molecule has 0 N–H and O–H groups in total. The highest BCUT2D eigenvalue weighted by Crippen LogP contribution is 2.35. The Balaban J connectivity index is 2.73. The van der Waals surface area contributed by atoms with Crippen molar-refractivity contribution in [1.82, 2.24) is 9.78 Å². The predicted molar refractivity (Wildman–Crippen MR) is 149 cm³/mol. The maximum Gasteiger partial charge on any atom is 0.0808 e. The van der Waals surface area contributed by atoms with E-state index in [2.05, 4.69) is 82.9 Å². The monoisotopic (exact) mass is 458 g/mol. The van der Waals surface area contributed by atoms with E-state index in [9.17, 15) is 0 Å². The number of aryl methyl sites for hydroxylation is 1. The van der Waals surface area contributed by atoms with E-state index in [1.165, 1.54) is 96.0 Å². The largest absolute Gasteiger partial charge is 0.240 e. The van der Waals surface area contributed by atoms with Crippen molar-refractivity contribution < 1.29 is 0 Å². The molecule has 1 aromatic carbocycles. The summed E-state index contributed by atoms with van der Waals surface area (Å²) in [5, 5.41) is 4.70. The summed E-state index contributed by atoms with van der Waals surface area (Å²) in [6.07, 6.45) is 16.0. The van der Waals surface area contributed by atoms with E-state index >= 15 is 0 Å². The van der Waals surface area contributed by atoms with E-state index in [1.54, 1.807) is 0 Å². The van der Waals surface area contributed by atoms with E-state index in [4.69, 9.17) is 5.10 Å². The Morgan fingerprint density at radius 3 is 1.65 bits per heavy atom. The molecule has 2 heteroatoms. The van der Waals surface area contributed by atoms with Gasteiger partial charge in [0.1, 0.15) is 0 Å². The maximum absolute atomic E-state index is 4.70. The molecule has 0 aliphatic carbocycles. The summed E-state index contributed by atoms with van der Waals surface area (Å²) in [4.78, 5) is 0. The van der Waals surface area contributed by atoms with Crippen molar-refractivity contribution in [2.45, 2.75) is 113 Å². The number of rotatable bonds is 13. The van der Waals surface area contributed by atoms with Crippen molar-refractivity contribution in [3.05, 3.63) is 69.9 Å². The highest BCUT2D eigenvalue weighted by Gasteiger charge is 2.18. The van der Waals surface area contributed by atoms with Crippen LogP contribution < -0.4 is 0 Å². The van der Waals surface area contributed by atoms with Crippen molar-refractivity contribution in [2.24, 2.45) is 0 Å². The minimum atomic E-state index is 1.04. The molecule has 2 aromatic rings. The van der Waals surface area contributed by atoms with Gasteiger partial charge in [0.25, 0.3) is 0 Å². The van der Waals surface area contributed by atoms with Crippen LogP contribution in [0.1, 0.15) is 122 Å². The Hall–Kier alpha value is -2.53. The normalized spacial score (nSPS) is 10.6. The molecule has 2 rings (SSSR count). The Bertz CT molecular complexity index is 964. The van der Waals surface area contributed by atoms with Crippen molar-refractivity contribution in [3.63, 3.8) is 0 Å². The van der Waals surface area contributed by atoms with Crippen molar-refractivity contribution in [2.75, 3.05) is 0 Å². The first kappa shape index (κ1) is 27.7. The molecule has 34 heavy (non-hydrogen) atoms. The molecule has 0 radical (unpaired) electrons. The van der Waals surface area contributed by atoms with E-state index in [0.717, 1.165) is 12.8 Å². The van der Waals surface area contributed by atoms with Gasteiger partial charge in [0.15, 0.2) is 0 Å². The third kappa shape index (κ3) is 8.68. The summed E-state index contributed by atoms with van der Waals surface area (Å²) in [7, 11) is 0. The number of nitrogens with zero attached hydrogens (tertiary/aromatic N) is 2. The van der Waals surface area contributed by atoms with E-state index in [0.29, 0.717) is 0 Å². The molecule has 0 spiro atoms. The number of aromatic nitrogens is 2. The van der Waals surface area contributed by atoms with Crippen LogP contribution in [0.25, 0.3) is 16.8 Å². The molecule has 2 nitrogen and oxygen atoms in total. The summed E-state index contributed by atoms with van der Waals surface area (Å²) in [6.45, 7) is 15.4. The van der Waals surface area contributed by atoms with Gasteiger partial charge in [0.05, 0.1) is 5.69 Å². The second-order valence-corrected chi connectivity index (χ2v) is 9.99. The number of allylic oxidation sites excluding steroid dienone is 2. The highest BCUT2D eigenvalue weighted by molar-refractivity contribution is 5.82. The molecule has 1 aromatic heterocycles. The quantitative estimate of drug-likeness (QED) is 0.216. The summed E-state index contributed by atoms with van der Waals surface area (Å²) >= 11 is 0. The first-order chi connectivity index (χ1) is 16.4. The standard InChI is InChI=1S/C32H46N2/c1-8-10-12-14-17-28(21-25(3)4)30-23-27(7)24-31(32(30)34-20-16-19-33-34)29(22-26(5)6)18-15-13-11-9-2/h16,19-20,23-24H,8-15,17-18H2,1-7H3. The Kier molecular flexibility index (Phi) is 12.0. The van der Waals surface area contributed by atoms with E-state index < -0.39 is 0 Å². The first-order valence-electron chi connectivity index (χ1n) is 13.4. The second kappa shape index (κ2) is 14.7. The van der Waals surface area contributed by atoms with Crippen molar-refractivity contribution >= 4 is 11.1 Å². The van der Waals surface area contributed by atoms with Crippen molar-refractivity contribution in [1.29, 1.82) is 0 Å². The molecule has 0 amide bonds. The average molecular weight is 459 g/mol. The van der Waals surface area contributed by atoms with E-state index in [1.807, 2.05) is 12.3 Å². The fraction of sp³-hybridized carbons (Fsp3) is 0.531. The van der Waals surface area contributed by atoms with E-state index in [-0.39, 0.29) is 0 Å². The fourth-order valence-electron chi connectivity index (χ4n) is 4.48. The topological polar surface area (TPSA) is 17.8 Å². The Morgan fingerprint density at radius 1 is 0.765 bits per heavy atom. The van der Waals surface area contributed by atoms with Crippen LogP contribution in [0.15, 0.2) is 53.2 Å². The van der Waals surface area contributed by atoms with Gasteiger partial charge in [-0.3, -0.25) is 0 Å². The van der Waals surface area contributed by atoms with Gasteiger partial charge in [0.2, 0.25) is 0 Å². The minimum Gasteiger partial charge on any atom is -0.240 e. The average Bonchev–Trinajstić information content (AvgIpc) is 3.31. The molecule has 184 valence electrons. The molecular formula is C32H46N2. The maximum atomic E-state index is 4.70. The third-order valence-electron chi connectivity index (χ3n) is 6.00. The summed E-state index contributed by atoms with van der Waals surface area (Å²) < 4.78 is 2.06. The van der Waals surface area contributed by atoms with Crippen LogP contribution in [0.3, 0.4) is 0 Å². The van der Waals surface area contributed by atoms with Gasteiger partial charge in [0, 0.05) is 34.7 Å². The van der Waals surface area contributed by atoms with Gasteiger partial charge >= 0.3 is 0 Å². The number of unbranched alkanes of at least 4 members (excludes halogenated alkanes) is 6. The molecule has 0 bridgehead atoms. The Morgan fingerprint density at radius 2 is 1.26 bits per heavy atom. The summed E-state index contributed by atoms with van der Waals surface area (Å²) in [5.74, 6) is 0. The smallest absolute Gasteiger partial charge is 0.0808 e. The van der Waals surface area contributed by atoms with Crippen molar-refractivity contribution in [3.8, 4) is 5.69 Å². The highest BCUT2D eigenvalue weighted by atomic mass is 15.3. The van der Waals surface area contributed by atoms with Crippen LogP contribution in [0, 0.1) is 6.92 Å². The zero-order valence-electron chi connectivity index (χ0n) is 22.9. The van der Waals surface area contributed by atoms with Crippen LogP contribution in [0.2, 0.25) is 0 Å². The van der Waals surface area contributed by atoms with Crippen LogP contribution >= 0.6 is 0 Å². The fourth-order valence-corrected chi connectivity index (χ4v) is 4.48. The minimum absolute atomic E-state index is 1.04. The van der Waals surface area contributed by atoms with Gasteiger partial charge in [-0.05, 0) is 95.2 Å². The lowest BCUT2D eigenvalue weighted by molar-refractivity contribution is 0.677. The molecule has 0 aliphatic rings. The summed E-state index contributed by atoms with van der Waals surface area (Å²) in [5.41, 5.74) is 17.5. The lowest BCUT2D eigenvalue weighted by Gasteiger charge is -2.19. The van der Waals surface area contributed by atoms with Gasteiger partial charge in [-0.15, -0.1) is 11.5 Å². The lowest BCUT2D eigenvalue weighted by Crippen LogP contribution is -2.06. The van der Waals surface area contributed by atoms with Gasteiger partial charge in [-0.2, -0.15) is 5.10 Å². The SMILES string of the molecule is CCCCCCC(=C=C(C)C)c1cc(C)cc(C(=C=C(C)C)CCCCCC)c1-n1cccn1. The van der Waals surface area contributed by atoms with Gasteiger partial charge < -0.3 is 0 Å². The number of hydrogen-bond acceptors (Lipinski definition) is 1. The van der Waals surface area contributed by atoms with Gasteiger partial charge in [-0.1, -0.05) is 52.4 Å². The predicted octanol–water partition coefficient (Wildman–Crippen LogP) is 10.0. The molecule has 0 saturated carbocycles. The summed E-state index contributed by atoms with van der Waals surface area (Å²) in [6, 6.07) is 6.69. The molecular weight excluding hydrogens is 412 g/mol. The first-order valence-corrected chi connectivity index (χ1v) is 13.4. The van der Waals surface area contributed by atoms with Gasteiger partial charge in [-0.25, -0.2) is 4.68 Å². The molecule has 0 unspecified atom stereocenters. The third-order valence-corrected chi connectivity index (χ3v) is 6.00. The van der Waals surface area contributed by atoms with Crippen LogP contribution in [0.4, 0.5) is 0 Å². The zero-order valence-corrected chi connectivity index (χ0v) is 22.9. The number of benzene rings is 1. The lowest BCUT2D eigenvalue weighted by atomic mass is 9.89. The number of hydrogen-bond donors (Lipinski definition) is 0. The molecule has 0 atom stereocenters. The zero-order chi connectivity index (χ0) is 24.9. The molecule has 0 saturated heterocycles. The molecule has 1 heterocycles. The van der Waals surface area contributed by atoms with Crippen LogP contribution in [0.5, 0.6) is 0 Å². The molecule has 0 fully saturated rings. The second-order valence-electron chi connectivity index (χ2n) is 9.99. The Labute approximate surface area is 209 Å². The van der Waals surface area contributed by atoms with Crippen LogP contribution in [-0.2, 0) is 0 Å². The molecule has 0 aliphatic heterocycles.